The molecule has 0 saturated heterocycles. The number of benzene rings is 1. The van der Waals surface area contributed by atoms with Gasteiger partial charge in [0.05, 0.1) is 6.54 Å². The number of aromatic nitrogens is 2. The Kier molecular flexibility index (Phi) is 3.50. The van der Waals surface area contributed by atoms with E-state index in [0.717, 1.165) is 10.1 Å². The molecule has 1 aromatic heterocycles. The van der Waals surface area contributed by atoms with Crippen molar-refractivity contribution in [2.75, 3.05) is 0 Å². The van der Waals surface area contributed by atoms with Gasteiger partial charge in [-0.1, -0.05) is 34.8 Å². The van der Waals surface area contributed by atoms with E-state index in [0.29, 0.717) is 11.6 Å². The zero-order valence-electron chi connectivity index (χ0n) is 12.0. The topological polar surface area (TPSA) is 82.7 Å². The SMILES string of the molecule is Cn1c(=O)c2c(n(C)c1=O)=NC(=[NH+]Cc1ccccc1Cl)N=2. The van der Waals surface area contributed by atoms with E-state index in [-0.39, 0.29) is 16.8 Å². The van der Waals surface area contributed by atoms with Gasteiger partial charge in [-0.25, -0.2) is 4.79 Å². The molecular formula is C14H13ClN5O2+. The van der Waals surface area contributed by atoms with Crippen LogP contribution in [0.5, 0.6) is 0 Å². The van der Waals surface area contributed by atoms with Gasteiger partial charge >= 0.3 is 17.2 Å². The van der Waals surface area contributed by atoms with Crippen LogP contribution in [0.1, 0.15) is 5.56 Å². The Morgan fingerprint density at radius 1 is 1.14 bits per heavy atom. The number of hydrogen-bond donors (Lipinski definition) is 1. The number of guanidine groups is 1. The molecule has 0 aliphatic carbocycles. The summed E-state index contributed by atoms with van der Waals surface area (Å²) in [6.45, 7) is 0.421. The highest BCUT2D eigenvalue weighted by molar-refractivity contribution is 6.31. The van der Waals surface area contributed by atoms with Crippen LogP contribution in [0.4, 0.5) is 0 Å². The van der Waals surface area contributed by atoms with Crippen LogP contribution in [0.15, 0.2) is 43.8 Å². The lowest BCUT2D eigenvalue weighted by atomic mass is 10.2. The summed E-state index contributed by atoms with van der Waals surface area (Å²) < 4.78 is 2.30. The van der Waals surface area contributed by atoms with Gasteiger partial charge in [-0.15, -0.1) is 0 Å². The zero-order valence-corrected chi connectivity index (χ0v) is 12.8. The normalized spacial score (nSPS) is 14.6. The van der Waals surface area contributed by atoms with Crippen molar-refractivity contribution in [3.8, 4) is 0 Å². The summed E-state index contributed by atoms with van der Waals surface area (Å²) in [6, 6.07) is 7.40. The first-order chi connectivity index (χ1) is 10.5. The molecule has 0 radical (unpaired) electrons. The number of nitrogens with zero attached hydrogens (tertiary/aromatic N) is 4. The Morgan fingerprint density at radius 3 is 2.59 bits per heavy atom. The summed E-state index contributed by atoms with van der Waals surface area (Å²) in [5.74, 6) is 0.285. The summed E-state index contributed by atoms with van der Waals surface area (Å²) in [4.78, 5) is 35.3. The molecule has 0 bridgehead atoms. The zero-order chi connectivity index (χ0) is 15.9. The molecule has 0 fully saturated rings. The van der Waals surface area contributed by atoms with Crippen LogP contribution >= 0.6 is 11.6 Å². The molecule has 2 aromatic rings. The lowest BCUT2D eigenvalue weighted by molar-refractivity contribution is -0.477. The minimum absolute atomic E-state index is 0.159. The van der Waals surface area contributed by atoms with Crippen molar-refractivity contribution in [3.05, 3.63) is 66.5 Å². The maximum Gasteiger partial charge on any atom is 0.429 e. The first kappa shape index (κ1) is 14.4. The second-order valence-electron chi connectivity index (χ2n) is 4.87. The van der Waals surface area contributed by atoms with Gasteiger partial charge in [0.1, 0.15) is 0 Å². The van der Waals surface area contributed by atoms with E-state index >= 15 is 0 Å². The molecule has 0 amide bonds. The van der Waals surface area contributed by atoms with Crippen LogP contribution in [0.3, 0.4) is 0 Å². The van der Waals surface area contributed by atoms with E-state index in [2.05, 4.69) is 15.0 Å². The Morgan fingerprint density at radius 2 is 1.86 bits per heavy atom. The Bertz CT molecular complexity index is 1030. The third-order valence-corrected chi connectivity index (χ3v) is 3.80. The molecule has 3 rings (SSSR count). The Balaban J connectivity index is 2.08. The summed E-state index contributed by atoms with van der Waals surface area (Å²) in [5, 5.41) is 0.792. The molecule has 1 aromatic carbocycles. The van der Waals surface area contributed by atoms with Gasteiger partial charge in [0.25, 0.3) is 10.8 Å². The van der Waals surface area contributed by atoms with Crippen LogP contribution < -0.4 is 27.1 Å². The van der Waals surface area contributed by atoms with Crippen LogP contribution in [0, 0.1) is 0 Å². The van der Waals surface area contributed by atoms with Gasteiger partial charge in [0.15, 0.2) is 0 Å². The van der Waals surface area contributed by atoms with Crippen LogP contribution in [-0.2, 0) is 20.6 Å². The maximum absolute atomic E-state index is 12.0. The van der Waals surface area contributed by atoms with Gasteiger partial charge in [0.2, 0.25) is 0 Å². The molecule has 0 saturated carbocycles. The summed E-state index contributed by atoms with van der Waals surface area (Å²) in [7, 11) is 2.96. The standard InChI is InChI=1S/C14H12ClN5O2/c1-19-11-10(12(21)20(2)14(19)22)17-13(18-11)16-7-8-5-3-4-6-9(8)15/h3-6H,7H2,1-2H3/p+1. The number of nitrogens with one attached hydrogen (secondary N) is 1. The molecule has 1 aliphatic heterocycles. The average molecular weight is 319 g/mol. The van der Waals surface area contributed by atoms with E-state index < -0.39 is 11.2 Å². The molecule has 1 N–H and O–H groups in total. The van der Waals surface area contributed by atoms with Crippen LogP contribution in [-0.4, -0.2) is 15.1 Å². The van der Waals surface area contributed by atoms with Gasteiger partial charge in [0, 0.05) is 24.7 Å². The number of rotatable bonds is 2. The molecule has 2 heterocycles. The van der Waals surface area contributed by atoms with Crippen molar-refractivity contribution >= 4 is 17.6 Å². The molecule has 0 spiro atoms. The first-order valence-electron chi connectivity index (χ1n) is 6.56. The second kappa shape index (κ2) is 5.34. The molecule has 112 valence electrons. The van der Waals surface area contributed by atoms with Crippen molar-refractivity contribution in [1.82, 2.24) is 9.13 Å². The Hall–Kier alpha value is -2.54. The van der Waals surface area contributed by atoms with Crippen LogP contribution in [0.2, 0.25) is 5.02 Å². The second-order valence-corrected chi connectivity index (χ2v) is 5.28. The molecule has 22 heavy (non-hydrogen) atoms. The summed E-state index contributed by atoms with van der Waals surface area (Å²) in [5.41, 5.74) is 0.251. The number of halogens is 1. The summed E-state index contributed by atoms with van der Waals surface area (Å²) in [6.07, 6.45) is 0. The molecule has 8 heteroatoms. The largest absolute Gasteiger partial charge is 0.429 e. The van der Waals surface area contributed by atoms with Crippen molar-refractivity contribution < 1.29 is 4.99 Å². The average Bonchev–Trinajstić information content (AvgIpc) is 2.94. The fourth-order valence-corrected chi connectivity index (χ4v) is 2.37. The van der Waals surface area contributed by atoms with E-state index in [1.807, 2.05) is 18.2 Å². The minimum Gasteiger partial charge on any atom is -0.267 e. The molecule has 0 atom stereocenters. The minimum atomic E-state index is -0.462. The molecule has 7 nitrogen and oxygen atoms in total. The van der Waals surface area contributed by atoms with Crippen molar-refractivity contribution in [2.24, 2.45) is 24.1 Å². The third-order valence-electron chi connectivity index (χ3n) is 3.43. The number of fused-ring (bicyclic) bond motifs is 1. The summed E-state index contributed by atoms with van der Waals surface area (Å²) >= 11 is 6.08. The van der Waals surface area contributed by atoms with Crippen LogP contribution in [0.25, 0.3) is 0 Å². The lowest BCUT2D eigenvalue weighted by Gasteiger charge is -1.97. The fourth-order valence-electron chi connectivity index (χ4n) is 2.17. The number of hydrogen-bond acceptors (Lipinski definition) is 2. The fraction of sp³-hybridized carbons (Fsp3) is 0.214. The highest BCUT2D eigenvalue weighted by atomic mass is 35.5. The predicted molar refractivity (Wildman–Crippen MR) is 80.4 cm³/mol. The highest BCUT2D eigenvalue weighted by Gasteiger charge is 2.21. The van der Waals surface area contributed by atoms with Crippen molar-refractivity contribution in [1.29, 1.82) is 0 Å². The maximum atomic E-state index is 12.0. The quantitative estimate of drug-likeness (QED) is 0.671. The van der Waals surface area contributed by atoms with E-state index in [9.17, 15) is 9.59 Å². The lowest BCUT2D eigenvalue weighted by Crippen LogP contribution is -2.70. The van der Waals surface area contributed by atoms with Gasteiger partial charge in [-0.2, -0.15) is 0 Å². The van der Waals surface area contributed by atoms with Crippen molar-refractivity contribution in [2.45, 2.75) is 6.54 Å². The monoisotopic (exact) mass is 318 g/mol. The van der Waals surface area contributed by atoms with Gasteiger partial charge < -0.3 is 0 Å². The van der Waals surface area contributed by atoms with E-state index in [1.54, 1.807) is 13.1 Å². The molecule has 0 unspecified atom stereocenters. The van der Waals surface area contributed by atoms with Gasteiger partial charge in [-0.3, -0.25) is 18.9 Å². The van der Waals surface area contributed by atoms with E-state index in [4.69, 9.17) is 11.6 Å². The van der Waals surface area contributed by atoms with Crippen molar-refractivity contribution in [3.63, 3.8) is 0 Å². The van der Waals surface area contributed by atoms with E-state index in [1.165, 1.54) is 11.6 Å². The van der Waals surface area contributed by atoms with Gasteiger partial charge in [-0.05, 0) is 11.1 Å². The highest BCUT2D eigenvalue weighted by Crippen LogP contribution is 2.12. The molecule has 1 aliphatic rings. The molecular weight excluding hydrogens is 306 g/mol. The predicted octanol–water partition coefficient (Wildman–Crippen LogP) is -2.37. The first-order valence-corrected chi connectivity index (χ1v) is 6.94. The smallest absolute Gasteiger partial charge is 0.267 e. The Labute approximate surface area is 129 Å². The third kappa shape index (κ3) is 2.29.